The molecule has 1 aromatic heterocycles. The Hall–Kier alpha value is -3.06. The predicted octanol–water partition coefficient (Wildman–Crippen LogP) is 2.12. The van der Waals surface area contributed by atoms with Crippen LogP contribution in [0.5, 0.6) is 5.88 Å². The molecule has 0 bridgehead atoms. The molecule has 0 spiro atoms. The zero-order chi connectivity index (χ0) is 20.6. The van der Waals surface area contributed by atoms with Crippen LogP contribution < -0.4 is 5.56 Å². The van der Waals surface area contributed by atoms with E-state index in [0.717, 1.165) is 22.9 Å². The van der Waals surface area contributed by atoms with Crippen molar-refractivity contribution in [2.45, 2.75) is 19.4 Å². The van der Waals surface area contributed by atoms with Crippen LogP contribution in [0.4, 0.5) is 14.5 Å². The summed E-state index contributed by atoms with van der Waals surface area (Å²) < 4.78 is 50.8. The van der Waals surface area contributed by atoms with Crippen LogP contribution in [0.2, 0.25) is 0 Å². The van der Waals surface area contributed by atoms with E-state index in [1.54, 1.807) is 6.07 Å². The van der Waals surface area contributed by atoms with Gasteiger partial charge in [-0.2, -0.15) is 5.26 Å². The van der Waals surface area contributed by atoms with Crippen molar-refractivity contribution in [2.75, 3.05) is 11.5 Å². The number of sulfone groups is 1. The Bertz CT molecular complexity index is 1200. The number of rotatable bonds is 3. The van der Waals surface area contributed by atoms with E-state index in [1.165, 1.54) is 13.0 Å². The highest BCUT2D eigenvalue weighted by Gasteiger charge is 2.33. The molecule has 2 heterocycles. The third kappa shape index (κ3) is 3.53. The van der Waals surface area contributed by atoms with Crippen LogP contribution in [0.15, 0.2) is 28.0 Å². The van der Waals surface area contributed by atoms with E-state index in [9.17, 15) is 32.4 Å². The third-order valence-corrected chi connectivity index (χ3v) is 6.36. The highest BCUT2D eigenvalue weighted by atomic mass is 32.2. The van der Waals surface area contributed by atoms with E-state index in [-0.39, 0.29) is 40.3 Å². The van der Waals surface area contributed by atoms with E-state index in [0.29, 0.717) is 0 Å². The van der Waals surface area contributed by atoms with Gasteiger partial charge >= 0.3 is 0 Å². The molecule has 1 aromatic carbocycles. The fraction of sp³-hybridized carbons (Fsp3) is 0.278. The van der Waals surface area contributed by atoms with Gasteiger partial charge in [0.2, 0.25) is 5.88 Å². The fourth-order valence-electron chi connectivity index (χ4n) is 3.12. The molecule has 1 N–H and O–H groups in total. The molecule has 1 atom stereocenters. The van der Waals surface area contributed by atoms with E-state index in [4.69, 9.17) is 0 Å². The standard InChI is InChI=1S/C18H15F2N3O4S/c1-10-13(7-21)17(24)23(12-4-5-28(26,27)9-12)18(25)14(10)8-22-11-2-3-15(19)16(20)6-11/h2-3,6,8,12,25H,4-5,9H2,1H3/t12-/m1/s1. The minimum Gasteiger partial charge on any atom is -0.494 e. The lowest BCUT2D eigenvalue weighted by atomic mass is 10.0. The van der Waals surface area contributed by atoms with Gasteiger partial charge in [0.15, 0.2) is 21.5 Å². The van der Waals surface area contributed by atoms with Gasteiger partial charge in [-0.15, -0.1) is 0 Å². The Morgan fingerprint density at radius 2 is 2.07 bits per heavy atom. The van der Waals surface area contributed by atoms with Gasteiger partial charge in [-0.1, -0.05) is 0 Å². The normalized spacial score (nSPS) is 18.4. The van der Waals surface area contributed by atoms with Crippen LogP contribution >= 0.6 is 0 Å². The molecule has 28 heavy (non-hydrogen) atoms. The summed E-state index contributed by atoms with van der Waals surface area (Å²) in [5.74, 6) is -3.13. The first kappa shape index (κ1) is 19.7. The Kier molecular flexibility index (Phi) is 5.04. The molecule has 7 nitrogen and oxygen atoms in total. The second-order valence-corrected chi connectivity index (χ2v) is 8.67. The quantitative estimate of drug-likeness (QED) is 0.783. The van der Waals surface area contributed by atoms with Crippen LogP contribution in [0.3, 0.4) is 0 Å². The SMILES string of the molecule is Cc1c(C=Nc2ccc(F)c(F)c2)c(O)n([C@@H]2CCS(=O)(=O)C2)c(=O)c1C#N. The minimum absolute atomic E-state index is 0.0187. The molecule has 1 saturated heterocycles. The molecule has 1 aliphatic heterocycles. The first-order chi connectivity index (χ1) is 13.1. The van der Waals surface area contributed by atoms with Crippen molar-refractivity contribution in [3.8, 4) is 11.9 Å². The smallest absolute Gasteiger partial charge is 0.271 e. The zero-order valence-corrected chi connectivity index (χ0v) is 15.5. The lowest BCUT2D eigenvalue weighted by Crippen LogP contribution is -2.29. The largest absolute Gasteiger partial charge is 0.494 e. The molecular formula is C18H15F2N3O4S. The molecule has 1 aliphatic rings. The van der Waals surface area contributed by atoms with Crippen LogP contribution in [0, 0.1) is 29.9 Å². The van der Waals surface area contributed by atoms with Crippen molar-refractivity contribution < 1.29 is 22.3 Å². The summed E-state index contributed by atoms with van der Waals surface area (Å²) in [6.07, 6.45) is 1.25. The topological polar surface area (TPSA) is 113 Å². The van der Waals surface area contributed by atoms with Crippen LogP contribution in [0.1, 0.15) is 29.2 Å². The van der Waals surface area contributed by atoms with E-state index >= 15 is 0 Å². The number of aromatic hydroxyl groups is 1. The number of aliphatic imine (C=N–C) groups is 1. The summed E-state index contributed by atoms with van der Waals surface area (Å²) in [6, 6.07) is 3.91. The first-order valence-electron chi connectivity index (χ1n) is 8.22. The second-order valence-electron chi connectivity index (χ2n) is 6.44. The maximum Gasteiger partial charge on any atom is 0.271 e. The summed E-state index contributed by atoms with van der Waals surface area (Å²) in [7, 11) is -3.35. The van der Waals surface area contributed by atoms with Crippen molar-refractivity contribution in [3.63, 3.8) is 0 Å². The number of hydrogen-bond donors (Lipinski definition) is 1. The lowest BCUT2D eigenvalue weighted by molar-refractivity contribution is 0.379. The van der Waals surface area contributed by atoms with Gasteiger partial charge in [0.05, 0.1) is 28.8 Å². The number of benzene rings is 1. The fourth-order valence-corrected chi connectivity index (χ4v) is 4.82. The van der Waals surface area contributed by atoms with Gasteiger partial charge < -0.3 is 5.11 Å². The van der Waals surface area contributed by atoms with Gasteiger partial charge in [0.25, 0.3) is 5.56 Å². The van der Waals surface area contributed by atoms with Crippen molar-refractivity contribution in [2.24, 2.45) is 4.99 Å². The van der Waals surface area contributed by atoms with Gasteiger partial charge in [0.1, 0.15) is 11.6 Å². The average molecular weight is 407 g/mol. The minimum atomic E-state index is -3.35. The number of pyridine rings is 1. The molecule has 146 valence electrons. The lowest BCUT2D eigenvalue weighted by Gasteiger charge is -2.18. The summed E-state index contributed by atoms with van der Waals surface area (Å²) in [4.78, 5) is 16.6. The molecule has 1 fully saturated rings. The number of aromatic nitrogens is 1. The van der Waals surface area contributed by atoms with Crippen molar-refractivity contribution >= 4 is 21.7 Å². The molecule has 3 rings (SSSR count). The van der Waals surface area contributed by atoms with Gasteiger partial charge in [0, 0.05) is 12.3 Å². The molecule has 0 unspecified atom stereocenters. The predicted molar refractivity (Wildman–Crippen MR) is 97.7 cm³/mol. The molecule has 0 aliphatic carbocycles. The summed E-state index contributed by atoms with van der Waals surface area (Å²) >= 11 is 0. The monoisotopic (exact) mass is 407 g/mol. The van der Waals surface area contributed by atoms with Crippen molar-refractivity contribution in [1.29, 1.82) is 5.26 Å². The zero-order valence-electron chi connectivity index (χ0n) is 14.7. The molecule has 2 aromatic rings. The summed E-state index contributed by atoms with van der Waals surface area (Å²) in [5, 5.41) is 19.9. The number of nitriles is 1. The molecule has 0 saturated carbocycles. The van der Waals surface area contributed by atoms with Crippen LogP contribution in [-0.4, -0.2) is 35.8 Å². The first-order valence-corrected chi connectivity index (χ1v) is 10.0. The summed E-state index contributed by atoms with van der Waals surface area (Å²) in [5.41, 5.74) is -0.825. The van der Waals surface area contributed by atoms with Crippen molar-refractivity contribution in [1.82, 2.24) is 4.57 Å². The van der Waals surface area contributed by atoms with Crippen molar-refractivity contribution in [3.05, 3.63) is 56.9 Å². The second kappa shape index (κ2) is 7.16. The maximum atomic E-state index is 13.3. The Morgan fingerprint density at radius 1 is 1.36 bits per heavy atom. The van der Waals surface area contributed by atoms with E-state index < -0.39 is 39.0 Å². The Balaban J connectivity index is 2.14. The molecule has 10 heteroatoms. The highest BCUT2D eigenvalue weighted by molar-refractivity contribution is 7.91. The average Bonchev–Trinajstić information content (AvgIpc) is 2.97. The number of halogens is 2. The Labute approximate surface area is 159 Å². The third-order valence-electron chi connectivity index (χ3n) is 4.61. The molecule has 0 amide bonds. The Morgan fingerprint density at radius 3 is 2.64 bits per heavy atom. The van der Waals surface area contributed by atoms with Crippen LogP contribution in [-0.2, 0) is 9.84 Å². The highest BCUT2D eigenvalue weighted by Crippen LogP contribution is 2.30. The van der Waals surface area contributed by atoms with Crippen LogP contribution in [0.25, 0.3) is 0 Å². The summed E-state index contributed by atoms with van der Waals surface area (Å²) in [6.45, 7) is 1.43. The number of hydrogen-bond acceptors (Lipinski definition) is 6. The number of nitrogens with zero attached hydrogens (tertiary/aromatic N) is 3. The molecular weight excluding hydrogens is 392 g/mol. The van der Waals surface area contributed by atoms with Gasteiger partial charge in [-0.25, -0.2) is 17.2 Å². The van der Waals surface area contributed by atoms with E-state index in [2.05, 4.69) is 4.99 Å². The van der Waals surface area contributed by atoms with Gasteiger partial charge in [-0.05, 0) is 31.0 Å². The maximum absolute atomic E-state index is 13.3. The molecule has 0 radical (unpaired) electrons. The van der Waals surface area contributed by atoms with E-state index in [1.807, 2.05) is 0 Å². The van der Waals surface area contributed by atoms with Gasteiger partial charge in [-0.3, -0.25) is 14.4 Å².